The lowest BCUT2D eigenvalue weighted by Gasteiger charge is -1.92. The van der Waals surface area contributed by atoms with Crippen molar-refractivity contribution in [1.29, 1.82) is 0 Å². The Labute approximate surface area is 80.7 Å². The van der Waals surface area contributed by atoms with Crippen LogP contribution in [0.2, 0.25) is 0 Å². The lowest BCUT2D eigenvalue weighted by molar-refractivity contribution is 0.250. The molecule has 2 atom stereocenters. The Balaban J connectivity index is 3.72. The molecule has 0 fully saturated rings. The van der Waals surface area contributed by atoms with E-state index in [-0.39, 0.29) is 18.1 Å². The molecule has 0 rings (SSSR count). The molecule has 0 N–H and O–H groups in total. The van der Waals surface area contributed by atoms with Crippen LogP contribution in [0.5, 0.6) is 0 Å². The molecule has 76 valence electrons. The first-order chi connectivity index (χ1) is 5.91. The standard InChI is InChI=1S/C7H16O4P2/c1-6(2)10-12(8)5-13(9)11-7(3)4/h6-7H,5H2,1-4H3/q+2. The largest absolute Gasteiger partial charge is 0.564 e. The van der Waals surface area contributed by atoms with Gasteiger partial charge in [-0.05, 0) is 36.8 Å². The van der Waals surface area contributed by atoms with Gasteiger partial charge in [0.2, 0.25) is 0 Å². The van der Waals surface area contributed by atoms with Crippen molar-refractivity contribution in [2.45, 2.75) is 39.9 Å². The summed E-state index contributed by atoms with van der Waals surface area (Å²) >= 11 is 0. The van der Waals surface area contributed by atoms with Crippen LogP contribution in [0.1, 0.15) is 27.7 Å². The average Bonchev–Trinajstić information content (AvgIpc) is 1.80. The Morgan fingerprint density at radius 1 is 0.923 bits per heavy atom. The molecule has 13 heavy (non-hydrogen) atoms. The molecule has 0 bridgehead atoms. The summed E-state index contributed by atoms with van der Waals surface area (Å²) in [5, 5.41) is 0. The van der Waals surface area contributed by atoms with Gasteiger partial charge in [0, 0.05) is 0 Å². The van der Waals surface area contributed by atoms with Gasteiger partial charge in [-0.2, -0.15) is 0 Å². The van der Waals surface area contributed by atoms with E-state index in [0.717, 1.165) is 0 Å². The molecule has 0 aromatic heterocycles. The smallest absolute Gasteiger partial charge is 0.140 e. The first-order valence-electron chi connectivity index (χ1n) is 4.14. The predicted octanol–water partition coefficient (Wildman–Crippen LogP) is 3.28. The fourth-order valence-corrected chi connectivity index (χ4v) is 2.86. The van der Waals surface area contributed by atoms with Gasteiger partial charge in [-0.15, -0.1) is 9.05 Å². The van der Waals surface area contributed by atoms with E-state index in [0.29, 0.717) is 0 Å². The van der Waals surface area contributed by atoms with Crippen LogP contribution in [0.4, 0.5) is 0 Å². The van der Waals surface area contributed by atoms with E-state index in [9.17, 15) is 9.13 Å². The Bertz CT molecular complexity index is 171. The molecule has 0 heterocycles. The molecule has 0 spiro atoms. The summed E-state index contributed by atoms with van der Waals surface area (Å²) in [5.41, 5.74) is 0. The highest BCUT2D eigenvalue weighted by molar-refractivity contribution is 7.57. The minimum Gasteiger partial charge on any atom is -0.140 e. The van der Waals surface area contributed by atoms with Gasteiger partial charge in [-0.1, -0.05) is 0 Å². The second kappa shape index (κ2) is 6.56. The second-order valence-corrected chi connectivity index (χ2v) is 6.00. The number of rotatable bonds is 6. The van der Waals surface area contributed by atoms with Crippen molar-refractivity contribution in [3.8, 4) is 0 Å². The molecule has 0 aliphatic heterocycles. The van der Waals surface area contributed by atoms with Gasteiger partial charge in [0.05, 0.1) is 0 Å². The normalized spacial score (nSPS) is 13.7. The number of hydrogen-bond acceptors (Lipinski definition) is 4. The molecule has 0 aliphatic rings. The van der Waals surface area contributed by atoms with Crippen molar-refractivity contribution in [3.63, 3.8) is 0 Å². The molecular formula is C7H16O4P2+2. The van der Waals surface area contributed by atoms with E-state index < -0.39 is 16.1 Å². The Morgan fingerprint density at radius 3 is 1.46 bits per heavy atom. The van der Waals surface area contributed by atoms with Gasteiger partial charge in [0.25, 0.3) is 0 Å². The van der Waals surface area contributed by atoms with Gasteiger partial charge >= 0.3 is 22.0 Å². The molecule has 0 aromatic rings. The molecular weight excluding hydrogens is 210 g/mol. The van der Waals surface area contributed by atoms with Crippen LogP contribution in [0.15, 0.2) is 0 Å². The molecule has 6 heteroatoms. The molecule has 4 nitrogen and oxygen atoms in total. The zero-order valence-corrected chi connectivity index (χ0v) is 10.2. The Hall–Kier alpha value is 0.120. The van der Waals surface area contributed by atoms with Crippen LogP contribution in [-0.2, 0) is 18.2 Å². The third kappa shape index (κ3) is 8.45. The van der Waals surface area contributed by atoms with Crippen molar-refractivity contribution in [2.24, 2.45) is 0 Å². The van der Waals surface area contributed by atoms with Gasteiger partial charge < -0.3 is 0 Å². The summed E-state index contributed by atoms with van der Waals surface area (Å²) in [6.07, 6.45) is -0.211. The van der Waals surface area contributed by atoms with Crippen LogP contribution in [-0.4, -0.2) is 18.1 Å². The SMILES string of the molecule is CC(C)O[P+](=O)C[P+](=O)OC(C)C. The molecule has 0 radical (unpaired) electrons. The third-order valence-electron chi connectivity index (χ3n) is 0.888. The van der Waals surface area contributed by atoms with Crippen LogP contribution in [0.25, 0.3) is 0 Å². The predicted molar refractivity (Wildman–Crippen MR) is 52.5 cm³/mol. The fraction of sp³-hybridized carbons (Fsp3) is 1.00. The summed E-state index contributed by atoms with van der Waals surface area (Å²) in [6.45, 7) is 7.13. The quantitative estimate of drug-likeness (QED) is 0.652. The molecule has 2 unspecified atom stereocenters. The topological polar surface area (TPSA) is 52.6 Å². The minimum absolute atomic E-state index is 0.0129. The van der Waals surface area contributed by atoms with Gasteiger partial charge in [0.15, 0.2) is 0 Å². The second-order valence-electron chi connectivity index (χ2n) is 3.12. The first kappa shape index (κ1) is 13.1. The van der Waals surface area contributed by atoms with Gasteiger partial charge in [-0.3, -0.25) is 0 Å². The van der Waals surface area contributed by atoms with Crippen LogP contribution >= 0.6 is 16.1 Å². The average molecular weight is 226 g/mol. The van der Waals surface area contributed by atoms with Gasteiger partial charge in [-0.25, -0.2) is 0 Å². The maximum Gasteiger partial charge on any atom is 0.564 e. The lowest BCUT2D eigenvalue weighted by atomic mass is 10.5. The first-order valence-corrected chi connectivity index (χ1v) is 6.87. The van der Waals surface area contributed by atoms with Crippen molar-refractivity contribution < 1.29 is 18.2 Å². The van der Waals surface area contributed by atoms with Crippen molar-refractivity contribution in [3.05, 3.63) is 0 Å². The van der Waals surface area contributed by atoms with Crippen molar-refractivity contribution >= 4 is 16.1 Å². The van der Waals surface area contributed by atoms with E-state index in [4.69, 9.17) is 9.05 Å². The summed E-state index contributed by atoms with van der Waals surface area (Å²) < 4.78 is 32.1. The fourth-order valence-electron chi connectivity index (χ4n) is 0.631. The van der Waals surface area contributed by atoms with E-state index >= 15 is 0 Å². The monoisotopic (exact) mass is 226 g/mol. The van der Waals surface area contributed by atoms with Gasteiger partial charge in [0.1, 0.15) is 12.2 Å². The van der Waals surface area contributed by atoms with E-state index in [1.807, 2.05) is 0 Å². The molecule has 0 aliphatic carbocycles. The summed E-state index contributed by atoms with van der Waals surface area (Å²) in [6, 6.07) is 0. The maximum atomic E-state index is 11.1. The van der Waals surface area contributed by atoms with Crippen molar-refractivity contribution in [1.82, 2.24) is 0 Å². The lowest BCUT2D eigenvalue weighted by Crippen LogP contribution is -1.97. The molecule has 0 amide bonds. The maximum absolute atomic E-state index is 11.1. The summed E-state index contributed by atoms with van der Waals surface area (Å²) in [5.74, 6) is -0.0129. The molecule has 0 saturated heterocycles. The van der Waals surface area contributed by atoms with Crippen molar-refractivity contribution in [2.75, 3.05) is 5.90 Å². The molecule has 0 saturated carbocycles. The van der Waals surface area contributed by atoms with Crippen LogP contribution in [0, 0.1) is 0 Å². The zero-order chi connectivity index (χ0) is 10.4. The zero-order valence-electron chi connectivity index (χ0n) is 8.39. The van der Waals surface area contributed by atoms with Crippen LogP contribution < -0.4 is 0 Å². The highest BCUT2D eigenvalue weighted by atomic mass is 31.2. The van der Waals surface area contributed by atoms with E-state index in [1.165, 1.54) is 0 Å². The highest BCUT2D eigenvalue weighted by Crippen LogP contribution is 2.38. The highest BCUT2D eigenvalue weighted by Gasteiger charge is 2.36. The third-order valence-corrected chi connectivity index (χ3v) is 4.05. The summed E-state index contributed by atoms with van der Waals surface area (Å²) in [4.78, 5) is 0. The Kier molecular flexibility index (Phi) is 6.62. The molecule has 0 aromatic carbocycles. The minimum atomic E-state index is -1.85. The Morgan fingerprint density at radius 2 is 1.23 bits per heavy atom. The van der Waals surface area contributed by atoms with Crippen LogP contribution in [0.3, 0.4) is 0 Å². The van der Waals surface area contributed by atoms with E-state index in [1.54, 1.807) is 27.7 Å². The number of hydrogen-bond donors (Lipinski definition) is 0. The van der Waals surface area contributed by atoms with E-state index in [2.05, 4.69) is 0 Å². The summed E-state index contributed by atoms with van der Waals surface area (Å²) in [7, 11) is -3.70.